The van der Waals surface area contributed by atoms with E-state index in [-0.39, 0.29) is 33.6 Å². The third-order valence-electron chi connectivity index (χ3n) is 1.10. The van der Waals surface area contributed by atoms with Crippen LogP contribution in [0.5, 0.6) is 0 Å². The molecule has 0 saturated heterocycles. The second kappa shape index (κ2) is 4.59. The molecule has 0 radical (unpaired) electrons. The molecule has 1 rings (SSSR count). The molecule has 0 bridgehead atoms. The molecule has 0 fully saturated rings. The first-order valence-electron chi connectivity index (χ1n) is 2.69. The van der Waals surface area contributed by atoms with E-state index < -0.39 is 5.97 Å². The number of hydrogen-bond donors (Lipinski definition) is 1. The number of hydrogen-bond acceptors (Lipinski definition) is 1. The van der Waals surface area contributed by atoms with Crippen molar-refractivity contribution < 1.29 is 9.90 Å². The van der Waals surface area contributed by atoms with E-state index in [0.717, 1.165) is 0 Å². The van der Waals surface area contributed by atoms with Crippen molar-refractivity contribution in [3.63, 3.8) is 0 Å². The monoisotopic (exact) mass is 182 g/mol. The number of carboxylic acids is 1. The molecule has 0 spiro atoms. The lowest BCUT2D eigenvalue weighted by atomic mass is 10.2. The first kappa shape index (κ1) is 10.7. The molecule has 11 heavy (non-hydrogen) atoms. The lowest BCUT2D eigenvalue weighted by Gasteiger charge is -1.94. The standard InChI is InChI=1S/C7H5ClO2.Mg.2H/c8-6-4-2-1-3-5(6)7(9)10;;;/h1-4H,(H,9,10);;;. The number of halogens is 1. The van der Waals surface area contributed by atoms with Crippen LogP contribution in [-0.2, 0) is 0 Å². The Labute approximate surface area is 85.3 Å². The molecule has 0 unspecified atom stereocenters. The van der Waals surface area contributed by atoms with Gasteiger partial charge in [-0.15, -0.1) is 0 Å². The quantitative estimate of drug-likeness (QED) is 0.662. The highest BCUT2D eigenvalue weighted by Crippen LogP contribution is 2.13. The van der Waals surface area contributed by atoms with Gasteiger partial charge in [0.2, 0.25) is 0 Å². The van der Waals surface area contributed by atoms with E-state index >= 15 is 0 Å². The molecular weight excluding hydrogens is 176 g/mol. The molecule has 0 aliphatic rings. The highest BCUT2D eigenvalue weighted by atomic mass is 35.5. The highest BCUT2D eigenvalue weighted by Gasteiger charge is 2.04. The minimum absolute atomic E-state index is 0. The Kier molecular flexibility index (Phi) is 4.48. The van der Waals surface area contributed by atoms with Crippen molar-refractivity contribution >= 4 is 40.6 Å². The molecule has 0 saturated carbocycles. The SMILES string of the molecule is O=C(O)c1ccccc1Cl.[MgH2]. The molecule has 0 aromatic heterocycles. The van der Waals surface area contributed by atoms with Crippen molar-refractivity contribution in [1.82, 2.24) is 0 Å². The van der Waals surface area contributed by atoms with Crippen molar-refractivity contribution in [1.29, 1.82) is 0 Å². The van der Waals surface area contributed by atoms with Crippen molar-refractivity contribution in [2.24, 2.45) is 0 Å². The largest absolute Gasteiger partial charge is 0.478 e. The van der Waals surface area contributed by atoms with Crippen LogP contribution < -0.4 is 0 Å². The molecule has 0 heterocycles. The van der Waals surface area contributed by atoms with Crippen molar-refractivity contribution in [3.8, 4) is 0 Å². The van der Waals surface area contributed by atoms with E-state index in [1.807, 2.05) is 0 Å². The summed E-state index contributed by atoms with van der Waals surface area (Å²) < 4.78 is 0. The number of rotatable bonds is 1. The van der Waals surface area contributed by atoms with E-state index in [9.17, 15) is 4.79 Å². The number of carboxylic acid groups (broad SMARTS) is 1. The summed E-state index contributed by atoms with van der Waals surface area (Å²) in [5, 5.41) is 8.75. The van der Waals surface area contributed by atoms with Crippen LogP contribution >= 0.6 is 11.6 Å². The highest BCUT2D eigenvalue weighted by molar-refractivity contribution is 6.33. The van der Waals surface area contributed by atoms with Gasteiger partial charge in [0.05, 0.1) is 10.6 Å². The van der Waals surface area contributed by atoms with Crippen LogP contribution in [0.1, 0.15) is 10.4 Å². The molecular formula is C7H7ClMgO2. The summed E-state index contributed by atoms with van der Waals surface area (Å²) in [6, 6.07) is 6.33. The minimum atomic E-state index is -0.995. The molecule has 1 aromatic rings. The first-order valence-corrected chi connectivity index (χ1v) is 3.07. The lowest BCUT2D eigenvalue weighted by molar-refractivity contribution is 0.0697. The zero-order valence-electron chi connectivity index (χ0n) is 5.04. The topological polar surface area (TPSA) is 37.3 Å². The maximum absolute atomic E-state index is 10.3. The fourth-order valence-electron chi connectivity index (χ4n) is 0.635. The number of carbonyl (C=O) groups is 1. The summed E-state index contributed by atoms with van der Waals surface area (Å²) in [4.78, 5) is 10.3. The van der Waals surface area contributed by atoms with Crippen LogP contribution in [0.2, 0.25) is 5.02 Å². The van der Waals surface area contributed by atoms with E-state index in [4.69, 9.17) is 16.7 Å². The number of aromatic carboxylic acids is 1. The van der Waals surface area contributed by atoms with Crippen molar-refractivity contribution in [2.45, 2.75) is 0 Å². The molecule has 0 aliphatic carbocycles. The Hall–Kier alpha value is -0.254. The summed E-state index contributed by atoms with van der Waals surface area (Å²) in [5.41, 5.74) is 0.143. The van der Waals surface area contributed by atoms with E-state index in [2.05, 4.69) is 0 Å². The van der Waals surface area contributed by atoms with E-state index in [0.29, 0.717) is 0 Å². The molecule has 0 aliphatic heterocycles. The van der Waals surface area contributed by atoms with Crippen LogP contribution in [0, 0.1) is 0 Å². The average Bonchev–Trinajstić information content (AvgIpc) is 1.88. The Morgan fingerprint density at radius 3 is 2.27 bits per heavy atom. The number of benzene rings is 1. The maximum Gasteiger partial charge on any atom is 0.337 e. The van der Waals surface area contributed by atoms with Gasteiger partial charge < -0.3 is 5.11 Å². The fourth-order valence-corrected chi connectivity index (χ4v) is 0.851. The summed E-state index contributed by atoms with van der Waals surface area (Å²) in [7, 11) is 0. The van der Waals surface area contributed by atoms with Crippen LogP contribution in [0.25, 0.3) is 0 Å². The van der Waals surface area contributed by atoms with E-state index in [1.54, 1.807) is 18.2 Å². The molecule has 2 nitrogen and oxygen atoms in total. The second-order valence-electron chi connectivity index (χ2n) is 1.78. The summed E-state index contributed by atoms with van der Waals surface area (Å²) in [5.74, 6) is -0.995. The Morgan fingerprint density at radius 1 is 1.36 bits per heavy atom. The molecule has 0 amide bonds. The van der Waals surface area contributed by atoms with Gasteiger partial charge in [0.25, 0.3) is 0 Å². The zero-order chi connectivity index (χ0) is 7.56. The van der Waals surface area contributed by atoms with Crippen LogP contribution in [0.15, 0.2) is 24.3 Å². The van der Waals surface area contributed by atoms with Crippen molar-refractivity contribution in [3.05, 3.63) is 34.9 Å². The van der Waals surface area contributed by atoms with Gasteiger partial charge in [-0.1, -0.05) is 23.7 Å². The van der Waals surface area contributed by atoms with Gasteiger partial charge in [-0.05, 0) is 12.1 Å². The van der Waals surface area contributed by atoms with E-state index in [1.165, 1.54) is 6.07 Å². The van der Waals surface area contributed by atoms with Crippen molar-refractivity contribution in [2.75, 3.05) is 0 Å². The van der Waals surface area contributed by atoms with Crippen LogP contribution in [-0.4, -0.2) is 34.1 Å². The molecule has 56 valence electrons. The summed E-state index contributed by atoms with van der Waals surface area (Å²) >= 11 is 5.54. The minimum Gasteiger partial charge on any atom is -0.478 e. The fraction of sp³-hybridized carbons (Fsp3) is 0. The zero-order valence-corrected chi connectivity index (χ0v) is 5.80. The van der Waals surface area contributed by atoms with Gasteiger partial charge in [-0.3, -0.25) is 0 Å². The van der Waals surface area contributed by atoms with Gasteiger partial charge in [0.15, 0.2) is 0 Å². The molecule has 1 aromatic carbocycles. The molecule has 4 heteroatoms. The van der Waals surface area contributed by atoms with Gasteiger partial charge >= 0.3 is 29.0 Å². The van der Waals surface area contributed by atoms with Gasteiger partial charge in [0.1, 0.15) is 0 Å². The Bertz CT molecular complexity index is 262. The van der Waals surface area contributed by atoms with Crippen LogP contribution in [0.4, 0.5) is 0 Å². The predicted octanol–water partition coefficient (Wildman–Crippen LogP) is 1.12. The summed E-state index contributed by atoms with van der Waals surface area (Å²) in [6.07, 6.45) is 0. The third kappa shape index (κ3) is 2.69. The second-order valence-corrected chi connectivity index (χ2v) is 2.19. The lowest BCUT2D eigenvalue weighted by Crippen LogP contribution is -1.95. The average molecular weight is 183 g/mol. The van der Waals surface area contributed by atoms with Gasteiger partial charge in [-0.25, -0.2) is 4.79 Å². The smallest absolute Gasteiger partial charge is 0.337 e. The third-order valence-corrected chi connectivity index (χ3v) is 1.43. The normalized spacial score (nSPS) is 8.45. The predicted molar refractivity (Wildman–Crippen MR) is 47.0 cm³/mol. The molecule has 1 N–H and O–H groups in total. The first-order chi connectivity index (χ1) is 4.72. The molecule has 0 atom stereocenters. The van der Waals surface area contributed by atoms with Gasteiger partial charge in [-0.2, -0.15) is 0 Å². The van der Waals surface area contributed by atoms with Crippen LogP contribution in [0.3, 0.4) is 0 Å². The Balaban J connectivity index is 0.000001000. The maximum atomic E-state index is 10.3. The van der Waals surface area contributed by atoms with Gasteiger partial charge in [0, 0.05) is 0 Å². The summed E-state index contributed by atoms with van der Waals surface area (Å²) in [6.45, 7) is 0. The Morgan fingerprint density at radius 2 is 1.91 bits per heavy atom.